The van der Waals surface area contributed by atoms with Crippen LogP contribution in [0.2, 0.25) is 0 Å². The van der Waals surface area contributed by atoms with Crippen molar-refractivity contribution >= 4 is 17.4 Å². The number of carbonyl (C=O) groups is 1. The van der Waals surface area contributed by atoms with Crippen molar-refractivity contribution in [2.75, 3.05) is 5.32 Å². The van der Waals surface area contributed by atoms with E-state index in [2.05, 4.69) is 10.4 Å². The molecule has 0 atom stereocenters. The second-order valence-electron chi connectivity index (χ2n) is 4.62. The lowest BCUT2D eigenvalue weighted by Crippen LogP contribution is -2.21. The highest BCUT2D eigenvalue weighted by atomic mass is 16.6. The molecule has 0 spiro atoms. The number of hydrogen-bond donors (Lipinski definition) is 1. The Labute approximate surface area is 121 Å². The van der Waals surface area contributed by atoms with Crippen molar-refractivity contribution in [1.29, 1.82) is 0 Å². The van der Waals surface area contributed by atoms with Crippen molar-refractivity contribution in [3.8, 4) is 0 Å². The van der Waals surface area contributed by atoms with Crippen LogP contribution in [0.15, 0.2) is 30.3 Å². The summed E-state index contributed by atoms with van der Waals surface area (Å²) in [5.74, 6) is -0.522. The van der Waals surface area contributed by atoms with Crippen LogP contribution in [0.5, 0.6) is 0 Å². The molecule has 7 nitrogen and oxygen atoms in total. The summed E-state index contributed by atoms with van der Waals surface area (Å²) < 4.78 is 1.32. The predicted molar refractivity (Wildman–Crippen MR) is 78.1 cm³/mol. The number of para-hydroxylation sites is 1. The topological polar surface area (TPSA) is 90.1 Å². The van der Waals surface area contributed by atoms with Gasteiger partial charge in [-0.3, -0.25) is 4.79 Å². The van der Waals surface area contributed by atoms with Gasteiger partial charge in [-0.15, -0.1) is 0 Å². The zero-order valence-corrected chi connectivity index (χ0v) is 11.9. The lowest BCUT2D eigenvalue weighted by molar-refractivity contribution is -0.389. The number of benzene rings is 1. The molecule has 0 fully saturated rings. The van der Waals surface area contributed by atoms with Gasteiger partial charge in [0.1, 0.15) is 6.54 Å². The van der Waals surface area contributed by atoms with Crippen LogP contribution in [0.4, 0.5) is 11.5 Å². The van der Waals surface area contributed by atoms with Crippen LogP contribution in [-0.4, -0.2) is 20.6 Å². The molecule has 1 aromatic carbocycles. The molecule has 0 aliphatic carbocycles. The van der Waals surface area contributed by atoms with E-state index in [0.29, 0.717) is 5.69 Å². The normalized spacial score (nSPS) is 10.4. The molecule has 2 rings (SSSR count). The molecule has 0 aliphatic heterocycles. The number of anilines is 1. The van der Waals surface area contributed by atoms with Gasteiger partial charge in [0.25, 0.3) is 0 Å². The summed E-state index contributed by atoms with van der Waals surface area (Å²) in [5, 5.41) is 17.3. The standard InChI is InChI=1S/C14H16N4O3/c1-3-11-6-4-5-7-12(11)15-14(19)9-17-10(2)8-13(16-17)18(20)21/h4-8H,3,9H2,1-2H3,(H,15,19). The molecule has 0 unspecified atom stereocenters. The number of hydrogen-bond acceptors (Lipinski definition) is 4. The monoisotopic (exact) mass is 288 g/mol. The quantitative estimate of drug-likeness (QED) is 0.675. The van der Waals surface area contributed by atoms with Gasteiger partial charge in [-0.2, -0.15) is 4.68 Å². The van der Waals surface area contributed by atoms with Crippen LogP contribution < -0.4 is 5.32 Å². The second-order valence-corrected chi connectivity index (χ2v) is 4.62. The van der Waals surface area contributed by atoms with E-state index >= 15 is 0 Å². The molecule has 110 valence electrons. The molecule has 0 bridgehead atoms. The number of rotatable bonds is 5. The van der Waals surface area contributed by atoms with Gasteiger partial charge in [0, 0.05) is 5.69 Å². The maximum atomic E-state index is 12.0. The molecule has 0 aliphatic rings. The summed E-state index contributed by atoms with van der Waals surface area (Å²) in [6.07, 6.45) is 0.808. The van der Waals surface area contributed by atoms with E-state index in [4.69, 9.17) is 0 Å². The zero-order valence-electron chi connectivity index (χ0n) is 11.9. The summed E-state index contributed by atoms with van der Waals surface area (Å²) in [7, 11) is 0. The summed E-state index contributed by atoms with van der Waals surface area (Å²) >= 11 is 0. The summed E-state index contributed by atoms with van der Waals surface area (Å²) in [4.78, 5) is 22.1. The van der Waals surface area contributed by atoms with E-state index in [1.807, 2.05) is 31.2 Å². The first-order chi connectivity index (χ1) is 10.0. The van der Waals surface area contributed by atoms with E-state index < -0.39 is 4.92 Å². The first kappa shape index (κ1) is 14.7. The predicted octanol–water partition coefficient (Wildman–Crippen LogP) is 2.30. The first-order valence-electron chi connectivity index (χ1n) is 6.58. The van der Waals surface area contributed by atoms with Crippen molar-refractivity contribution in [2.45, 2.75) is 26.8 Å². The minimum atomic E-state index is -0.576. The van der Waals surface area contributed by atoms with Crippen LogP contribution in [-0.2, 0) is 17.8 Å². The van der Waals surface area contributed by atoms with Crippen molar-refractivity contribution < 1.29 is 9.72 Å². The van der Waals surface area contributed by atoms with Gasteiger partial charge in [0.05, 0.1) is 16.9 Å². The number of nitrogens with one attached hydrogen (secondary N) is 1. The average molecular weight is 288 g/mol. The Balaban J connectivity index is 2.10. The summed E-state index contributed by atoms with van der Waals surface area (Å²) in [6, 6.07) is 8.87. The lowest BCUT2D eigenvalue weighted by atomic mass is 10.1. The van der Waals surface area contributed by atoms with Gasteiger partial charge in [-0.1, -0.05) is 25.1 Å². The van der Waals surface area contributed by atoms with Gasteiger partial charge in [-0.25, -0.2) is 0 Å². The highest BCUT2D eigenvalue weighted by molar-refractivity contribution is 5.91. The molecule has 1 N–H and O–H groups in total. The number of amides is 1. The third kappa shape index (κ3) is 3.44. The minimum absolute atomic E-state index is 0.0578. The molecule has 7 heteroatoms. The van der Waals surface area contributed by atoms with Gasteiger partial charge >= 0.3 is 5.82 Å². The third-order valence-corrected chi connectivity index (χ3v) is 3.12. The van der Waals surface area contributed by atoms with Crippen LogP contribution >= 0.6 is 0 Å². The van der Waals surface area contributed by atoms with Gasteiger partial charge < -0.3 is 15.4 Å². The highest BCUT2D eigenvalue weighted by Gasteiger charge is 2.17. The Morgan fingerprint density at radius 3 is 2.76 bits per heavy atom. The van der Waals surface area contributed by atoms with Gasteiger partial charge in [0.2, 0.25) is 5.91 Å². The molecular formula is C14H16N4O3. The zero-order chi connectivity index (χ0) is 15.4. The molecule has 0 saturated carbocycles. The molecule has 1 amide bonds. The van der Waals surface area contributed by atoms with Crippen LogP contribution in [0, 0.1) is 17.0 Å². The van der Waals surface area contributed by atoms with Crippen LogP contribution in [0.3, 0.4) is 0 Å². The maximum Gasteiger partial charge on any atom is 0.390 e. The van der Waals surface area contributed by atoms with Crippen molar-refractivity contribution in [1.82, 2.24) is 9.78 Å². The van der Waals surface area contributed by atoms with Gasteiger partial charge in [-0.05, 0) is 29.9 Å². The fourth-order valence-corrected chi connectivity index (χ4v) is 2.02. The van der Waals surface area contributed by atoms with E-state index in [1.54, 1.807) is 6.92 Å². The Hall–Kier alpha value is -2.70. The largest absolute Gasteiger partial charge is 0.390 e. The third-order valence-electron chi connectivity index (χ3n) is 3.12. The van der Waals surface area contributed by atoms with E-state index in [1.165, 1.54) is 10.7 Å². The second kappa shape index (κ2) is 6.17. The fraction of sp³-hybridized carbons (Fsp3) is 0.286. The number of aryl methyl sites for hydroxylation is 2. The summed E-state index contributed by atoms with van der Waals surface area (Å²) in [5.41, 5.74) is 2.36. The number of nitrogens with zero attached hydrogens (tertiary/aromatic N) is 3. The Morgan fingerprint density at radius 1 is 1.43 bits per heavy atom. The number of carbonyl (C=O) groups excluding carboxylic acids is 1. The minimum Gasteiger partial charge on any atom is -0.358 e. The van der Waals surface area contributed by atoms with Crippen LogP contribution in [0.1, 0.15) is 18.2 Å². The molecule has 0 radical (unpaired) electrons. The number of nitro groups is 1. The van der Waals surface area contributed by atoms with Crippen molar-refractivity contribution in [3.63, 3.8) is 0 Å². The average Bonchev–Trinajstić information content (AvgIpc) is 2.81. The summed E-state index contributed by atoms with van der Waals surface area (Å²) in [6.45, 7) is 3.62. The first-order valence-corrected chi connectivity index (χ1v) is 6.58. The molecule has 0 saturated heterocycles. The number of aromatic nitrogens is 2. The van der Waals surface area contributed by atoms with Gasteiger partial charge in [0.15, 0.2) is 0 Å². The molecular weight excluding hydrogens is 272 g/mol. The fourth-order valence-electron chi connectivity index (χ4n) is 2.02. The molecule has 1 aromatic heterocycles. The molecule has 1 heterocycles. The smallest absolute Gasteiger partial charge is 0.358 e. The highest BCUT2D eigenvalue weighted by Crippen LogP contribution is 2.16. The van der Waals surface area contributed by atoms with E-state index in [9.17, 15) is 14.9 Å². The Morgan fingerprint density at radius 2 is 2.14 bits per heavy atom. The maximum absolute atomic E-state index is 12.0. The van der Waals surface area contributed by atoms with E-state index in [-0.39, 0.29) is 18.3 Å². The lowest BCUT2D eigenvalue weighted by Gasteiger charge is -2.09. The van der Waals surface area contributed by atoms with Crippen LogP contribution in [0.25, 0.3) is 0 Å². The Bertz CT molecular complexity index is 679. The van der Waals surface area contributed by atoms with Crippen molar-refractivity contribution in [3.05, 3.63) is 51.7 Å². The molecule has 21 heavy (non-hydrogen) atoms. The van der Waals surface area contributed by atoms with E-state index in [0.717, 1.165) is 17.7 Å². The molecule has 2 aromatic rings. The Kier molecular flexibility index (Phi) is 4.32. The SMILES string of the molecule is CCc1ccccc1NC(=O)Cn1nc([N+](=O)[O-])cc1C. The van der Waals surface area contributed by atoms with Crippen molar-refractivity contribution in [2.24, 2.45) is 0 Å².